The van der Waals surface area contributed by atoms with E-state index in [0.717, 1.165) is 0 Å². The molecular formula is C13H22S. The van der Waals surface area contributed by atoms with Crippen molar-refractivity contribution >= 4 is 23.5 Å². The monoisotopic (exact) mass is 210 g/mol. The molecule has 0 nitrogen and oxygen atoms in total. The molecule has 0 saturated carbocycles. The summed E-state index contributed by atoms with van der Waals surface area (Å²) < 4.78 is 1.29. The fourth-order valence-corrected chi connectivity index (χ4v) is 1.67. The van der Waals surface area contributed by atoms with Crippen LogP contribution in [0.1, 0.15) is 34.6 Å². The molecule has 1 heterocycles. The minimum Gasteiger partial charge on any atom is -0.144 e. The molecule has 1 rings (SSSR count). The first-order valence-electron chi connectivity index (χ1n) is 5.21. The lowest BCUT2D eigenvalue weighted by Crippen LogP contribution is -2.15. The average molecular weight is 210 g/mol. The van der Waals surface area contributed by atoms with Crippen molar-refractivity contribution < 1.29 is 0 Å². The van der Waals surface area contributed by atoms with E-state index >= 15 is 0 Å². The van der Waals surface area contributed by atoms with Crippen LogP contribution in [-0.4, -0.2) is 0 Å². The average Bonchev–Trinajstić information content (AvgIpc) is 2.72. The molecule has 80 valence electrons. The SMILES string of the molecule is C=C/C=c1/scc/c1=C/C.CC.CC. The fourth-order valence-electron chi connectivity index (χ4n) is 0.812. The third-order valence-corrected chi connectivity index (χ3v) is 2.21. The van der Waals surface area contributed by atoms with Gasteiger partial charge in [-0.05, 0) is 29.7 Å². The first kappa shape index (κ1) is 15.6. The first-order valence-corrected chi connectivity index (χ1v) is 6.09. The zero-order valence-electron chi connectivity index (χ0n) is 10.0. The third-order valence-electron chi connectivity index (χ3n) is 1.31. The highest BCUT2D eigenvalue weighted by molar-refractivity contribution is 7.07. The standard InChI is InChI=1S/C9H10S.2C2H6/c1-3-5-9-8(4-2)6-7-10-9;2*1-2/h3-7H,1H2,2H3;2*1-2H3/b8-4-,9-5+;;. The summed E-state index contributed by atoms with van der Waals surface area (Å²) >= 11 is 1.74. The van der Waals surface area contributed by atoms with Gasteiger partial charge in [-0.2, -0.15) is 0 Å². The Hall–Kier alpha value is -0.820. The van der Waals surface area contributed by atoms with Crippen molar-refractivity contribution in [3.8, 4) is 0 Å². The Kier molecular flexibility index (Phi) is 13.6. The normalized spacial score (nSPS) is 10.9. The van der Waals surface area contributed by atoms with Crippen LogP contribution in [0, 0.1) is 0 Å². The van der Waals surface area contributed by atoms with Gasteiger partial charge in [-0.15, -0.1) is 11.3 Å². The number of rotatable bonds is 1. The van der Waals surface area contributed by atoms with Crippen LogP contribution in [-0.2, 0) is 0 Å². The van der Waals surface area contributed by atoms with Crippen molar-refractivity contribution in [2.75, 3.05) is 0 Å². The molecule has 0 spiro atoms. The Bertz CT molecular complexity index is 317. The molecule has 0 aromatic carbocycles. The van der Waals surface area contributed by atoms with Gasteiger partial charge in [0.2, 0.25) is 0 Å². The zero-order chi connectivity index (χ0) is 11.4. The quantitative estimate of drug-likeness (QED) is 0.665. The molecule has 0 aliphatic heterocycles. The van der Waals surface area contributed by atoms with Crippen LogP contribution >= 0.6 is 11.3 Å². The second-order valence-electron chi connectivity index (χ2n) is 1.93. The number of allylic oxidation sites excluding steroid dienone is 1. The van der Waals surface area contributed by atoms with E-state index in [1.54, 1.807) is 11.3 Å². The van der Waals surface area contributed by atoms with Gasteiger partial charge in [-0.1, -0.05) is 46.4 Å². The van der Waals surface area contributed by atoms with Gasteiger partial charge < -0.3 is 0 Å². The lowest BCUT2D eigenvalue weighted by Gasteiger charge is -1.72. The van der Waals surface area contributed by atoms with E-state index in [-0.39, 0.29) is 0 Å². The molecule has 0 aliphatic rings. The Morgan fingerprint density at radius 1 is 1.21 bits per heavy atom. The van der Waals surface area contributed by atoms with Crippen LogP contribution in [0.2, 0.25) is 0 Å². The van der Waals surface area contributed by atoms with Gasteiger partial charge in [0, 0.05) is 4.53 Å². The predicted molar refractivity (Wildman–Crippen MR) is 71.1 cm³/mol. The topological polar surface area (TPSA) is 0 Å². The maximum absolute atomic E-state index is 3.65. The van der Waals surface area contributed by atoms with Crippen molar-refractivity contribution in [2.45, 2.75) is 34.6 Å². The summed E-state index contributed by atoms with van der Waals surface area (Å²) in [6.07, 6.45) is 5.95. The van der Waals surface area contributed by atoms with Gasteiger partial charge in [0.15, 0.2) is 0 Å². The van der Waals surface area contributed by atoms with E-state index in [1.165, 1.54) is 9.75 Å². The molecule has 14 heavy (non-hydrogen) atoms. The molecule has 0 amide bonds. The highest BCUT2D eigenvalue weighted by Gasteiger charge is 1.80. The Balaban J connectivity index is 0. The molecule has 0 atom stereocenters. The van der Waals surface area contributed by atoms with Gasteiger partial charge in [-0.3, -0.25) is 0 Å². The molecule has 1 aromatic heterocycles. The highest BCUT2D eigenvalue weighted by Crippen LogP contribution is 1.81. The molecule has 0 N–H and O–H groups in total. The van der Waals surface area contributed by atoms with E-state index in [2.05, 4.69) is 24.1 Å². The van der Waals surface area contributed by atoms with E-state index < -0.39 is 0 Å². The van der Waals surface area contributed by atoms with E-state index in [4.69, 9.17) is 0 Å². The second kappa shape index (κ2) is 12.2. The largest absolute Gasteiger partial charge is 0.144 e. The smallest absolute Gasteiger partial charge is 0.0339 e. The summed E-state index contributed by atoms with van der Waals surface area (Å²) in [5, 5.41) is 3.38. The van der Waals surface area contributed by atoms with Crippen LogP contribution in [0.25, 0.3) is 12.2 Å². The number of hydrogen-bond donors (Lipinski definition) is 0. The van der Waals surface area contributed by atoms with Gasteiger partial charge in [0.25, 0.3) is 0 Å². The van der Waals surface area contributed by atoms with Crippen LogP contribution in [0.3, 0.4) is 0 Å². The lowest BCUT2D eigenvalue weighted by atomic mass is 10.4. The Morgan fingerprint density at radius 2 is 1.79 bits per heavy atom. The minimum absolute atomic E-state index is 1.29. The van der Waals surface area contributed by atoms with Crippen molar-refractivity contribution in [1.29, 1.82) is 0 Å². The number of thiophene rings is 1. The number of hydrogen-bond acceptors (Lipinski definition) is 1. The summed E-state index contributed by atoms with van der Waals surface area (Å²) in [4.78, 5) is 0. The Labute approximate surface area is 92.3 Å². The third kappa shape index (κ3) is 5.76. The summed E-state index contributed by atoms with van der Waals surface area (Å²) in [7, 11) is 0. The molecule has 0 fully saturated rings. The zero-order valence-corrected chi connectivity index (χ0v) is 10.8. The van der Waals surface area contributed by atoms with Gasteiger partial charge >= 0.3 is 0 Å². The van der Waals surface area contributed by atoms with E-state index in [0.29, 0.717) is 0 Å². The van der Waals surface area contributed by atoms with Gasteiger partial charge in [0.1, 0.15) is 0 Å². The summed E-state index contributed by atoms with van der Waals surface area (Å²) in [5.41, 5.74) is 0. The molecule has 0 unspecified atom stereocenters. The predicted octanol–water partition coefficient (Wildman–Crippen LogP) is 3.57. The van der Waals surface area contributed by atoms with Crippen molar-refractivity contribution in [1.82, 2.24) is 0 Å². The lowest BCUT2D eigenvalue weighted by molar-refractivity contribution is 1.50. The summed E-state index contributed by atoms with van der Waals surface area (Å²) in [6, 6.07) is 2.11. The summed E-state index contributed by atoms with van der Waals surface area (Å²) in [6.45, 7) is 13.7. The van der Waals surface area contributed by atoms with Crippen molar-refractivity contribution in [3.05, 3.63) is 33.9 Å². The second-order valence-corrected chi connectivity index (χ2v) is 2.88. The molecule has 0 aliphatic carbocycles. The maximum Gasteiger partial charge on any atom is 0.0339 e. The molecule has 0 bridgehead atoms. The molecule has 1 heteroatoms. The molecular weight excluding hydrogens is 188 g/mol. The first-order chi connectivity index (χ1) is 6.88. The minimum atomic E-state index is 1.29. The molecule has 0 saturated heterocycles. The van der Waals surface area contributed by atoms with Crippen LogP contribution < -0.4 is 9.75 Å². The molecule has 0 radical (unpaired) electrons. The van der Waals surface area contributed by atoms with Crippen LogP contribution in [0.5, 0.6) is 0 Å². The highest BCUT2D eigenvalue weighted by atomic mass is 32.1. The van der Waals surface area contributed by atoms with Gasteiger partial charge in [0.05, 0.1) is 0 Å². The maximum atomic E-state index is 3.65. The Morgan fingerprint density at radius 3 is 2.21 bits per heavy atom. The van der Waals surface area contributed by atoms with Gasteiger partial charge in [-0.25, -0.2) is 0 Å². The van der Waals surface area contributed by atoms with E-state index in [1.807, 2.05) is 46.8 Å². The van der Waals surface area contributed by atoms with E-state index in [9.17, 15) is 0 Å². The molecule has 1 aromatic rings. The van der Waals surface area contributed by atoms with Crippen LogP contribution in [0.4, 0.5) is 0 Å². The van der Waals surface area contributed by atoms with Crippen molar-refractivity contribution in [3.63, 3.8) is 0 Å². The van der Waals surface area contributed by atoms with Crippen LogP contribution in [0.15, 0.2) is 24.1 Å². The fraction of sp³-hybridized carbons (Fsp3) is 0.385. The summed E-state index contributed by atoms with van der Waals surface area (Å²) in [5.74, 6) is 0. The van der Waals surface area contributed by atoms with Crippen molar-refractivity contribution in [2.24, 2.45) is 0 Å².